The molecule has 2 saturated heterocycles. The molecule has 0 radical (unpaired) electrons. The highest BCUT2D eigenvalue weighted by Gasteiger charge is 2.49. The van der Waals surface area contributed by atoms with Gasteiger partial charge in [0.2, 0.25) is 5.91 Å². The summed E-state index contributed by atoms with van der Waals surface area (Å²) in [4.78, 5) is 17.6. The number of methoxy groups -OCH3 is 1. The Hall–Kier alpha value is -2.17. The van der Waals surface area contributed by atoms with Gasteiger partial charge >= 0.3 is 0 Å². The number of β-amino-alcohol motifs (C(OH)–C–C–N with tert-alkyl or cyclic N) is 1. The highest BCUT2D eigenvalue weighted by Crippen LogP contribution is 2.44. The smallest absolute Gasteiger partial charge is 0.233 e. The Bertz CT molecular complexity index is 838. The first-order chi connectivity index (χ1) is 17.4. The number of carbonyl (C=O) groups excluding carboxylic acids is 1. The molecule has 2 heterocycles. The third-order valence-electron chi connectivity index (χ3n) is 7.99. The van der Waals surface area contributed by atoms with Gasteiger partial charge in [-0.2, -0.15) is 5.53 Å². The lowest BCUT2D eigenvalue weighted by Gasteiger charge is -2.39. The molecule has 1 amide bonds. The van der Waals surface area contributed by atoms with Gasteiger partial charge in [0.1, 0.15) is 12.2 Å². The lowest BCUT2D eigenvalue weighted by Crippen LogP contribution is -2.46. The maximum Gasteiger partial charge on any atom is 0.233 e. The lowest BCUT2D eigenvalue weighted by molar-refractivity contribution is -0.137. The Balaban J connectivity index is 1.50. The maximum atomic E-state index is 14.6. The molecule has 2 unspecified atom stereocenters. The molecule has 3 rings (SSSR count). The molecular formula is C26H43FN6O3. The second-order valence-electron chi connectivity index (χ2n) is 10.2. The molecule has 202 valence electrons. The topological polar surface area (TPSA) is 114 Å². The number of piperidine rings is 1. The van der Waals surface area contributed by atoms with E-state index in [1.165, 1.54) is 6.34 Å². The number of likely N-dealkylation sites (tertiary alicyclic amines) is 2. The number of nitrogens with zero attached hydrogens (tertiary/aromatic N) is 4. The number of aliphatic hydroxyl groups excluding tert-OH is 1. The van der Waals surface area contributed by atoms with Gasteiger partial charge in [-0.3, -0.25) is 4.79 Å². The minimum Gasteiger partial charge on any atom is -0.387 e. The summed E-state index contributed by atoms with van der Waals surface area (Å²) in [5.41, 5.74) is 7.90. The van der Waals surface area contributed by atoms with Crippen LogP contribution >= 0.6 is 0 Å². The summed E-state index contributed by atoms with van der Waals surface area (Å²) < 4.78 is 20.1. The largest absolute Gasteiger partial charge is 0.387 e. The summed E-state index contributed by atoms with van der Waals surface area (Å²) in [6.45, 7) is 5.06. The summed E-state index contributed by atoms with van der Waals surface area (Å²) in [5.74, 6) is 0.0219. The van der Waals surface area contributed by atoms with Gasteiger partial charge < -0.3 is 25.0 Å². The number of unbranched alkanes of at least 4 members (excludes halogenated alkanes) is 1. The van der Waals surface area contributed by atoms with E-state index in [9.17, 15) is 14.3 Å². The zero-order chi connectivity index (χ0) is 26.0. The van der Waals surface area contributed by atoms with Gasteiger partial charge in [0.25, 0.3) is 0 Å². The number of halogens is 1. The van der Waals surface area contributed by atoms with Gasteiger partial charge in [-0.15, -0.1) is 5.10 Å². The van der Waals surface area contributed by atoms with Crippen LogP contribution in [0.5, 0.6) is 0 Å². The van der Waals surface area contributed by atoms with Crippen molar-refractivity contribution < 1.29 is 19.0 Å². The van der Waals surface area contributed by atoms with Crippen molar-refractivity contribution in [2.24, 2.45) is 15.7 Å². The van der Waals surface area contributed by atoms with Crippen molar-refractivity contribution in [3.63, 3.8) is 0 Å². The van der Waals surface area contributed by atoms with Gasteiger partial charge in [0, 0.05) is 32.4 Å². The highest BCUT2D eigenvalue weighted by molar-refractivity contribution is 5.86. The molecule has 1 spiro atoms. The van der Waals surface area contributed by atoms with Crippen LogP contribution in [0.3, 0.4) is 0 Å². The van der Waals surface area contributed by atoms with Crippen LogP contribution in [0.2, 0.25) is 0 Å². The minimum atomic E-state index is -0.843. The quantitative estimate of drug-likeness (QED) is 0.114. The van der Waals surface area contributed by atoms with Crippen molar-refractivity contribution in [3.8, 4) is 0 Å². The Morgan fingerprint density at radius 2 is 2.11 bits per heavy atom. The zero-order valence-corrected chi connectivity index (χ0v) is 21.8. The molecule has 3 N–H and O–H groups in total. The van der Waals surface area contributed by atoms with Gasteiger partial charge in [0.05, 0.1) is 17.6 Å². The van der Waals surface area contributed by atoms with Crippen LogP contribution in [0.4, 0.5) is 4.39 Å². The van der Waals surface area contributed by atoms with E-state index in [0.717, 1.165) is 76.7 Å². The van der Waals surface area contributed by atoms with Crippen molar-refractivity contribution in [2.75, 3.05) is 39.8 Å². The molecule has 0 aromatic rings. The van der Waals surface area contributed by atoms with Crippen molar-refractivity contribution >= 4 is 12.2 Å². The van der Waals surface area contributed by atoms with Gasteiger partial charge in [-0.1, -0.05) is 12.1 Å². The molecule has 3 aliphatic rings. The van der Waals surface area contributed by atoms with Crippen molar-refractivity contribution in [1.82, 2.24) is 15.1 Å². The van der Waals surface area contributed by atoms with Crippen molar-refractivity contribution in [2.45, 2.75) is 83.3 Å². The SMILES string of the molecule is CC/C(F)=C(\CCCCN/C=N\N=N)C(O)CN1CCC2(CC1)CCN(C1=CC(OC)CCC1)C2=O. The minimum absolute atomic E-state index is 0.0990. The van der Waals surface area contributed by atoms with Crippen LogP contribution in [-0.4, -0.2) is 79.2 Å². The lowest BCUT2D eigenvalue weighted by atomic mass is 9.77. The normalized spacial score (nSPS) is 24.2. The number of ether oxygens (including phenoxy) is 1. The zero-order valence-electron chi connectivity index (χ0n) is 21.8. The number of hydrogen-bond acceptors (Lipinski definition) is 6. The van der Waals surface area contributed by atoms with Crippen molar-refractivity contribution in [3.05, 3.63) is 23.2 Å². The average Bonchev–Trinajstić information content (AvgIpc) is 3.22. The molecule has 2 atom stereocenters. The second-order valence-corrected chi connectivity index (χ2v) is 10.2. The fourth-order valence-corrected chi connectivity index (χ4v) is 5.74. The van der Waals surface area contributed by atoms with E-state index >= 15 is 0 Å². The number of nitrogens with one attached hydrogen (secondary N) is 2. The Morgan fingerprint density at radius 3 is 2.81 bits per heavy atom. The summed E-state index contributed by atoms with van der Waals surface area (Å²) in [7, 11) is 1.72. The molecule has 0 bridgehead atoms. The fourth-order valence-electron chi connectivity index (χ4n) is 5.74. The fraction of sp³-hybridized carbons (Fsp3) is 0.769. The molecule has 36 heavy (non-hydrogen) atoms. The van der Waals surface area contributed by atoms with Crippen LogP contribution < -0.4 is 5.32 Å². The summed E-state index contributed by atoms with van der Waals surface area (Å²) >= 11 is 0. The summed E-state index contributed by atoms with van der Waals surface area (Å²) in [6.07, 6.45) is 10.5. The van der Waals surface area contributed by atoms with E-state index in [1.54, 1.807) is 14.0 Å². The number of rotatable bonds is 13. The van der Waals surface area contributed by atoms with Gasteiger partial charge in [-0.05, 0) is 88.9 Å². The second kappa shape index (κ2) is 13.9. The predicted molar refractivity (Wildman–Crippen MR) is 137 cm³/mol. The maximum absolute atomic E-state index is 14.6. The van der Waals surface area contributed by atoms with E-state index < -0.39 is 6.10 Å². The number of amides is 1. The first-order valence-corrected chi connectivity index (χ1v) is 13.4. The first kappa shape index (κ1) is 28.4. The van der Waals surface area contributed by atoms with Crippen LogP contribution in [0.25, 0.3) is 0 Å². The van der Waals surface area contributed by atoms with E-state index in [2.05, 4.69) is 26.6 Å². The molecule has 1 aliphatic carbocycles. The average molecular weight is 507 g/mol. The number of aliphatic hydroxyl groups is 1. The van der Waals surface area contributed by atoms with Crippen LogP contribution in [-0.2, 0) is 9.53 Å². The van der Waals surface area contributed by atoms with Gasteiger partial charge in [-0.25, -0.2) is 4.39 Å². The Labute approximate surface area is 214 Å². The van der Waals surface area contributed by atoms with E-state index in [0.29, 0.717) is 25.1 Å². The predicted octanol–water partition coefficient (Wildman–Crippen LogP) is 4.11. The van der Waals surface area contributed by atoms with Crippen LogP contribution in [0.15, 0.2) is 33.5 Å². The van der Waals surface area contributed by atoms with E-state index in [-0.39, 0.29) is 29.7 Å². The highest BCUT2D eigenvalue weighted by atomic mass is 19.1. The molecule has 9 nitrogen and oxygen atoms in total. The Morgan fingerprint density at radius 1 is 1.36 bits per heavy atom. The third kappa shape index (κ3) is 7.20. The number of carbonyl (C=O) groups is 1. The molecule has 10 heteroatoms. The monoisotopic (exact) mass is 506 g/mol. The van der Waals surface area contributed by atoms with Gasteiger partial charge in [0.15, 0.2) is 0 Å². The molecule has 0 aromatic carbocycles. The molecule has 2 fully saturated rings. The molecule has 0 aromatic heterocycles. The Kier molecular flexibility index (Phi) is 11.0. The first-order valence-electron chi connectivity index (χ1n) is 13.4. The van der Waals surface area contributed by atoms with Crippen LogP contribution in [0, 0.1) is 10.9 Å². The van der Waals surface area contributed by atoms with E-state index in [1.807, 2.05) is 4.90 Å². The molecule has 2 aliphatic heterocycles. The van der Waals surface area contributed by atoms with Crippen molar-refractivity contribution in [1.29, 1.82) is 5.53 Å². The molecular weight excluding hydrogens is 463 g/mol. The number of allylic oxidation sites excluding steroid dienone is 2. The standard InChI is InChI=1S/C26H43FN6O3/c1-3-23(27)22(9-4-5-13-29-19-30-31-28)24(34)18-32-14-10-26(11-15-32)12-16-33(25(26)35)20-7-6-8-21(17-20)36-2/h17,19,21,24,34H,3-16,18H2,1-2H3,(H2,28,29,30)/b23-22-. The summed E-state index contributed by atoms with van der Waals surface area (Å²) in [5, 5.41) is 20.1. The third-order valence-corrected chi connectivity index (χ3v) is 7.99. The van der Waals surface area contributed by atoms with Crippen LogP contribution in [0.1, 0.15) is 71.1 Å². The molecule has 0 saturated carbocycles. The van der Waals surface area contributed by atoms with E-state index in [4.69, 9.17) is 10.3 Å². The number of hydrogen-bond donors (Lipinski definition) is 3. The summed E-state index contributed by atoms with van der Waals surface area (Å²) in [6, 6.07) is 0.